The molecule has 37 heavy (non-hydrogen) atoms. The molecule has 2 aliphatic rings. The van der Waals surface area contributed by atoms with Gasteiger partial charge in [-0.05, 0) is 37.0 Å². The number of aryl methyl sites for hydroxylation is 2. The smallest absolute Gasteiger partial charge is 0.345 e. The summed E-state index contributed by atoms with van der Waals surface area (Å²) in [6, 6.07) is 7.79. The van der Waals surface area contributed by atoms with Crippen molar-refractivity contribution in [3.63, 3.8) is 0 Å². The lowest BCUT2D eigenvalue weighted by atomic mass is 9.91. The highest BCUT2D eigenvalue weighted by Gasteiger charge is 2.80. The minimum Gasteiger partial charge on any atom is -0.345 e. The van der Waals surface area contributed by atoms with Gasteiger partial charge in [-0.1, -0.05) is 44.9 Å². The van der Waals surface area contributed by atoms with Crippen LogP contribution in [0, 0.1) is 0 Å². The lowest BCUT2D eigenvalue weighted by Crippen LogP contribution is -2.49. The second-order valence-corrected chi connectivity index (χ2v) is 11.5. The minimum atomic E-state index is -5.60. The van der Waals surface area contributed by atoms with Crippen LogP contribution >= 0.6 is 22.7 Å². The van der Waals surface area contributed by atoms with E-state index in [2.05, 4.69) is 0 Å². The third-order valence-corrected chi connectivity index (χ3v) is 9.40. The average Bonchev–Trinajstić information content (AvgIpc) is 3.61. The summed E-state index contributed by atoms with van der Waals surface area (Å²) in [4.78, 5) is 1.14. The summed E-state index contributed by atoms with van der Waals surface area (Å²) < 4.78 is 104. The van der Waals surface area contributed by atoms with Crippen LogP contribution in [0.15, 0.2) is 30.3 Å². The summed E-state index contributed by atoms with van der Waals surface area (Å²) in [5.74, 6) is -15.8. The van der Waals surface area contributed by atoms with Crippen LogP contribution in [0.3, 0.4) is 0 Å². The number of hydrogen-bond donors (Lipinski definition) is 0. The van der Waals surface area contributed by atoms with Crippen molar-refractivity contribution in [2.75, 3.05) is 13.2 Å². The number of unbranched alkanes of at least 4 members (excludes halogenated alkanes) is 2. The molecule has 3 heterocycles. The monoisotopic (exact) mass is 560 g/mol. The summed E-state index contributed by atoms with van der Waals surface area (Å²) in [6.45, 7) is 4.27. The molecule has 0 atom stereocenters. The van der Waals surface area contributed by atoms with E-state index in [1.165, 1.54) is 12.1 Å². The first-order valence-electron chi connectivity index (χ1n) is 12.3. The maximum absolute atomic E-state index is 15.7. The largest absolute Gasteiger partial charge is 0.380 e. The van der Waals surface area contributed by atoms with Crippen LogP contribution in [0.1, 0.15) is 65.2 Å². The number of alkyl halides is 6. The molecule has 2 aromatic heterocycles. The molecule has 5 rings (SSSR count). The first kappa shape index (κ1) is 26.7. The number of halogens is 6. The second kappa shape index (κ2) is 9.70. The number of allylic oxidation sites excluding steroid dienone is 2. The van der Waals surface area contributed by atoms with E-state index in [0.717, 1.165) is 35.5 Å². The quantitative estimate of drug-likeness (QED) is 0.202. The van der Waals surface area contributed by atoms with E-state index < -0.39 is 35.2 Å². The van der Waals surface area contributed by atoms with Gasteiger partial charge in [0, 0.05) is 36.6 Å². The predicted molar refractivity (Wildman–Crippen MR) is 135 cm³/mol. The molecule has 2 nitrogen and oxygen atoms in total. The van der Waals surface area contributed by atoms with Gasteiger partial charge in [-0.3, -0.25) is 0 Å². The molecule has 1 aliphatic carbocycles. The average molecular weight is 561 g/mol. The van der Waals surface area contributed by atoms with Gasteiger partial charge in [0.15, 0.2) is 6.29 Å². The number of benzene rings is 1. The molecule has 0 unspecified atom stereocenters. The van der Waals surface area contributed by atoms with Gasteiger partial charge in [-0.15, -0.1) is 22.7 Å². The Labute approximate surface area is 218 Å². The Morgan fingerprint density at radius 2 is 1.54 bits per heavy atom. The molecule has 1 fully saturated rings. The van der Waals surface area contributed by atoms with Gasteiger partial charge in [0.2, 0.25) is 0 Å². The molecule has 1 saturated heterocycles. The Bertz CT molecular complexity index is 1330. The first-order valence-corrected chi connectivity index (χ1v) is 13.9. The van der Waals surface area contributed by atoms with Crippen LogP contribution < -0.4 is 0 Å². The molecule has 0 saturated carbocycles. The molecular weight excluding hydrogens is 534 g/mol. The van der Waals surface area contributed by atoms with Gasteiger partial charge in [0.05, 0.1) is 18.1 Å². The number of thiophene rings is 2. The van der Waals surface area contributed by atoms with E-state index in [4.69, 9.17) is 9.47 Å². The van der Waals surface area contributed by atoms with Gasteiger partial charge in [-0.2, -0.15) is 26.3 Å². The van der Waals surface area contributed by atoms with E-state index in [0.29, 0.717) is 45.4 Å². The summed E-state index contributed by atoms with van der Waals surface area (Å²) in [5, 5.41) is 0.274. The Kier molecular flexibility index (Phi) is 7.00. The zero-order chi connectivity index (χ0) is 26.6. The molecule has 0 bridgehead atoms. The number of rotatable bonds is 8. The third kappa shape index (κ3) is 4.06. The van der Waals surface area contributed by atoms with E-state index in [1.54, 1.807) is 25.1 Å². The zero-order valence-electron chi connectivity index (χ0n) is 20.3. The lowest BCUT2D eigenvalue weighted by Gasteiger charge is -2.26. The van der Waals surface area contributed by atoms with Crippen LogP contribution in [0.4, 0.5) is 26.3 Å². The highest BCUT2D eigenvalue weighted by atomic mass is 32.1. The van der Waals surface area contributed by atoms with Crippen molar-refractivity contribution in [3.8, 4) is 0 Å². The molecule has 0 spiro atoms. The van der Waals surface area contributed by atoms with Gasteiger partial charge in [0.1, 0.15) is 0 Å². The highest BCUT2D eigenvalue weighted by Crippen LogP contribution is 2.66. The lowest BCUT2D eigenvalue weighted by molar-refractivity contribution is -0.254. The summed E-state index contributed by atoms with van der Waals surface area (Å²) in [7, 11) is 0. The molecule has 200 valence electrons. The fourth-order valence-corrected chi connectivity index (χ4v) is 7.41. The second-order valence-electron chi connectivity index (χ2n) is 9.24. The standard InChI is InChI=1S/C27H26F6O2S2/c1-3-5-6-10-19-16(14-20(37-19)24-34-12-13-35-24)22-23(26(30,31)27(32,33)25(22,28)29)21-15-9-7-8-11-18(15)36-17(21)4-2/h7-9,11,14,24H,3-6,10,12-13H2,1-2H3. The van der Waals surface area contributed by atoms with Crippen LogP contribution in [0.25, 0.3) is 21.2 Å². The minimum absolute atomic E-state index is 0.208. The summed E-state index contributed by atoms with van der Waals surface area (Å²) in [5.41, 5.74) is -3.02. The number of hydrogen-bond acceptors (Lipinski definition) is 4. The third-order valence-electron chi connectivity index (χ3n) is 6.87. The Hall–Kier alpha value is -1.88. The van der Waals surface area contributed by atoms with E-state index in [-0.39, 0.29) is 22.9 Å². The maximum Gasteiger partial charge on any atom is 0.380 e. The van der Waals surface area contributed by atoms with Crippen LogP contribution in [0.5, 0.6) is 0 Å². The Morgan fingerprint density at radius 1 is 0.865 bits per heavy atom. The summed E-state index contributed by atoms with van der Waals surface area (Å²) in [6.07, 6.45) is 1.95. The summed E-state index contributed by atoms with van der Waals surface area (Å²) >= 11 is 2.26. The Morgan fingerprint density at radius 3 is 2.22 bits per heavy atom. The van der Waals surface area contributed by atoms with Crippen molar-refractivity contribution >= 4 is 43.9 Å². The Balaban J connectivity index is 1.83. The fourth-order valence-electron chi connectivity index (χ4n) is 5.05. The first-order chi connectivity index (χ1) is 17.6. The van der Waals surface area contributed by atoms with Crippen molar-refractivity contribution < 1.29 is 35.8 Å². The SMILES string of the molecule is CCCCCc1sc(C2OCCO2)cc1C1=C(c2c(CC)sc3ccccc23)C(F)(F)C(F)(F)C1(F)F. The van der Waals surface area contributed by atoms with Crippen LogP contribution in [-0.4, -0.2) is 31.0 Å². The molecule has 0 amide bonds. The normalized spacial score (nSPS) is 21.0. The van der Waals surface area contributed by atoms with Gasteiger partial charge >= 0.3 is 17.8 Å². The van der Waals surface area contributed by atoms with E-state index >= 15 is 26.3 Å². The van der Waals surface area contributed by atoms with Gasteiger partial charge < -0.3 is 9.47 Å². The van der Waals surface area contributed by atoms with Gasteiger partial charge in [-0.25, -0.2) is 0 Å². The van der Waals surface area contributed by atoms with Gasteiger partial charge in [0.25, 0.3) is 0 Å². The van der Waals surface area contributed by atoms with Crippen molar-refractivity contribution in [1.29, 1.82) is 0 Å². The molecular formula is C27H26F6O2S2. The van der Waals surface area contributed by atoms with Crippen molar-refractivity contribution in [2.24, 2.45) is 0 Å². The molecule has 0 N–H and O–H groups in total. The van der Waals surface area contributed by atoms with Crippen LogP contribution in [0.2, 0.25) is 0 Å². The zero-order valence-corrected chi connectivity index (χ0v) is 21.9. The topological polar surface area (TPSA) is 18.5 Å². The maximum atomic E-state index is 15.7. The number of fused-ring (bicyclic) bond motifs is 1. The predicted octanol–water partition coefficient (Wildman–Crippen LogP) is 9.13. The van der Waals surface area contributed by atoms with E-state index in [1.807, 2.05) is 6.92 Å². The molecule has 1 aliphatic heterocycles. The molecule has 0 radical (unpaired) electrons. The number of ether oxygens (including phenoxy) is 2. The van der Waals surface area contributed by atoms with Crippen molar-refractivity contribution in [1.82, 2.24) is 0 Å². The van der Waals surface area contributed by atoms with Crippen molar-refractivity contribution in [3.05, 3.63) is 56.1 Å². The highest BCUT2D eigenvalue weighted by molar-refractivity contribution is 7.19. The molecule has 10 heteroatoms. The molecule has 1 aromatic carbocycles. The van der Waals surface area contributed by atoms with E-state index in [9.17, 15) is 0 Å². The van der Waals surface area contributed by atoms with Crippen molar-refractivity contribution in [2.45, 2.75) is 70.0 Å². The fraction of sp³-hybridized carbons (Fsp3) is 0.481. The molecule has 3 aromatic rings. The van der Waals surface area contributed by atoms with Crippen LogP contribution in [-0.2, 0) is 22.3 Å².